The van der Waals surface area contributed by atoms with Gasteiger partial charge in [-0.1, -0.05) is 24.5 Å². The smallest absolute Gasteiger partial charge is 0.0271 e. The van der Waals surface area contributed by atoms with Gasteiger partial charge in [0.25, 0.3) is 0 Å². The lowest BCUT2D eigenvalue weighted by Crippen LogP contribution is -2.12. The van der Waals surface area contributed by atoms with Crippen molar-refractivity contribution in [2.24, 2.45) is 11.3 Å². The van der Waals surface area contributed by atoms with Gasteiger partial charge in [-0.05, 0) is 63.7 Å². The maximum Gasteiger partial charge on any atom is -0.0271 e. The molecular weight excluding hydrogens is 192 g/mol. The van der Waals surface area contributed by atoms with E-state index in [2.05, 4.69) is 33.9 Å². The van der Waals surface area contributed by atoms with Crippen molar-refractivity contribution in [1.29, 1.82) is 0 Å². The fourth-order valence-electron chi connectivity index (χ4n) is 3.28. The first kappa shape index (κ1) is 13.5. The Hall–Kier alpha value is -0.520. The Morgan fingerprint density at radius 3 is 2.50 bits per heavy atom. The average molecular weight is 220 g/mol. The van der Waals surface area contributed by atoms with E-state index in [1.165, 1.54) is 56.1 Å². The Bertz CT molecular complexity index is 261. The summed E-state index contributed by atoms with van der Waals surface area (Å²) in [6.45, 7) is 14.8. The molecule has 1 aliphatic carbocycles. The maximum atomic E-state index is 4.06. The van der Waals surface area contributed by atoms with E-state index < -0.39 is 0 Å². The molecule has 2 atom stereocenters. The number of rotatable bonds is 6. The molecule has 0 saturated heterocycles. The first-order chi connectivity index (χ1) is 7.41. The second-order valence-electron chi connectivity index (χ2n) is 6.40. The van der Waals surface area contributed by atoms with Gasteiger partial charge in [0.05, 0.1) is 0 Å². The summed E-state index contributed by atoms with van der Waals surface area (Å²) in [5.74, 6) is 0.962. The van der Waals surface area contributed by atoms with Gasteiger partial charge >= 0.3 is 0 Å². The monoisotopic (exact) mass is 220 g/mol. The maximum absolute atomic E-state index is 4.06. The van der Waals surface area contributed by atoms with E-state index in [4.69, 9.17) is 0 Å². The summed E-state index contributed by atoms with van der Waals surface area (Å²) >= 11 is 0. The van der Waals surface area contributed by atoms with Crippen LogP contribution in [0.4, 0.5) is 0 Å². The predicted molar refractivity (Wildman–Crippen MR) is 73.5 cm³/mol. The van der Waals surface area contributed by atoms with Gasteiger partial charge in [0.15, 0.2) is 0 Å². The van der Waals surface area contributed by atoms with Crippen LogP contribution in [0.5, 0.6) is 0 Å². The van der Waals surface area contributed by atoms with Crippen molar-refractivity contribution >= 4 is 0 Å². The van der Waals surface area contributed by atoms with Crippen molar-refractivity contribution in [1.82, 2.24) is 0 Å². The van der Waals surface area contributed by atoms with Gasteiger partial charge in [-0.3, -0.25) is 0 Å². The van der Waals surface area contributed by atoms with Crippen LogP contribution < -0.4 is 0 Å². The molecule has 1 aliphatic rings. The molecule has 0 amide bonds. The summed E-state index contributed by atoms with van der Waals surface area (Å²) < 4.78 is 0. The highest BCUT2D eigenvalue weighted by Gasteiger charge is 2.34. The molecule has 0 aromatic heterocycles. The van der Waals surface area contributed by atoms with E-state index in [9.17, 15) is 0 Å². The molecular formula is C16H28. The van der Waals surface area contributed by atoms with Gasteiger partial charge in [-0.25, -0.2) is 0 Å². The summed E-state index contributed by atoms with van der Waals surface area (Å²) in [4.78, 5) is 0. The Morgan fingerprint density at radius 1 is 1.25 bits per heavy atom. The SMILES string of the molecule is C=C(C)CCCC1CCC(C)(CC(=C)C)C1. The van der Waals surface area contributed by atoms with Crippen molar-refractivity contribution in [3.63, 3.8) is 0 Å². The van der Waals surface area contributed by atoms with Crippen molar-refractivity contribution in [3.8, 4) is 0 Å². The Labute approximate surface area is 102 Å². The largest absolute Gasteiger partial charge is 0.100 e. The van der Waals surface area contributed by atoms with E-state index in [0.717, 1.165) is 5.92 Å². The summed E-state index contributed by atoms with van der Waals surface area (Å²) in [5, 5.41) is 0. The zero-order valence-electron chi connectivity index (χ0n) is 11.4. The first-order valence-corrected chi connectivity index (χ1v) is 6.70. The summed E-state index contributed by atoms with van der Waals surface area (Å²) in [7, 11) is 0. The average Bonchev–Trinajstić information content (AvgIpc) is 2.45. The quantitative estimate of drug-likeness (QED) is 0.518. The molecule has 1 saturated carbocycles. The van der Waals surface area contributed by atoms with Crippen LogP contribution in [0.3, 0.4) is 0 Å². The number of allylic oxidation sites excluding steroid dienone is 2. The lowest BCUT2D eigenvalue weighted by molar-refractivity contribution is 0.312. The van der Waals surface area contributed by atoms with Crippen LogP contribution in [0, 0.1) is 11.3 Å². The van der Waals surface area contributed by atoms with Crippen LogP contribution in [-0.4, -0.2) is 0 Å². The zero-order valence-corrected chi connectivity index (χ0v) is 11.4. The number of hydrogen-bond acceptors (Lipinski definition) is 0. The summed E-state index contributed by atoms with van der Waals surface area (Å²) in [5.41, 5.74) is 3.24. The molecule has 1 fully saturated rings. The molecule has 0 nitrogen and oxygen atoms in total. The minimum atomic E-state index is 0.555. The van der Waals surface area contributed by atoms with Gasteiger partial charge < -0.3 is 0 Å². The molecule has 16 heavy (non-hydrogen) atoms. The Kier molecular flexibility index (Phi) is 4.83. The van der Waals surface area contributed by atoms with Crippen LogP contribution in [0.2, 0.25) is 0 Å². The molecule has 0 heteroatoms. The van der Waals surface area contributed by atoms with E-state index in [-0.39, 0.29) is 0 Å². The molecule has 0 aromatic rings. The molecule has 2 unspecified atom stereocenters. The zero-order chi connectivity index (χ0) is 12.2. The third kappa shape index (κ3) is 4.55. The van der Waals surface area contributed by atoms with E-state index >= 15 is 0 Å². The highest BCUT2D eigenvalue weighted by Crippen LogP contribution is 2.47. The van der Waals surface area contributed by atoms with E-state index in [0.29, 0.717) is 5.41 Å². The number of hydrogen-bond donors (Lipinski definition) is 0. The Balaban J connectivity index is 2.28. The normalized spacial score (nSPS) is 29.3. The fourth-order valence-corrected chi connectivity index (χ4v) is 3.28. The second kappa shape index (κ2) is 5.70. The second-order valence-corrected chi connectivity index (χ2v) is 6.40. The molecule has 92 valence electrons. The van der Waals surface area contributed by atoms with Crippen molar-refractivity contribution < 1.29 is 0 Å². The molecule has 0 radical (unpaired) electrons. The van der Waals surface area contributed by atoms with Crippen LogP contribution in [0.15, 0.2) is 24.3 Å². The third-order valence-corrected chi connectivity index (χ3v) is 3.88. The molecule has 0 spiro atoms. The van der Waals surface area contributed by atoms with Crippen molar-refractivity contribution in [2.45, 2.75) is 65.7 Å². The minimum Gasteiger partial charge on any atom is -0.100 e. The lowest BCUT2D eigenvalue weighted by Gasteiger charge is -2.24. The molecule has 1 rings (SSSR count). The standard InChI is InChI=1S/C16H28/c1-13(2)7-6-8-15-9-10-16(5,12-15)11-14(3)4/h15H,1,3,6-12H2,2,4-5H3. The predicted octanol–water partition coefficient (Wildman–Crippen LogP) is 5.51. The van der Waals surface area contributed by atoms with Gasteiger partial charge in [0, 0.05) is 0 Å². The minimum absolute atomic E-state index is 0.555. The van der Waals surface area contributed by atoms with Crippen molar-refractivity contribution in [3.05, 3.63) is 24.3 Å². The highest BCUT2D eigenvalue weighted by molar-refractivity contribution is 4.98. The van der Waals surface area contributed by atoms with Gasteiger partial charge in [0.2, 0.25) is 0 Å². The molecule has 0 aromatic carbocycles. The van der Waals surface area contributed by atoms with Crippen LogP contribution in [0.1, 0.15) is 65.7 Å². The van der Waals surface area contributed by atoms with E-state index in [1.54, 1.807) is 0 Å². The molecule has 0 aliphatic heterocycles. The van der Waals surface area contributed by atoms with Crippen molar-refractivity contribution in [2.75, 3.05) is 0 Å². The van der Waals surface area contributed by atoms with Gasteiger partial charge in [0.1, 0.15) is 0 Å². The van der Waals surface area contributed by atoms with E-state index in [1.807, 2.05) is 0 Å². The Morgan fingerprint density at radius 2 is 1.94 bits per heavy atom. The topological polar surface area (TPSA) is 0 Å². The summed E-state index contributed by atoms with van der Waals surface area (Å²) in [6, 6.07) is 0. The lowest BCUT2D eigenvalue weighted by atomic mass is 9.81. The third-order valence-electron chi connectivity index (χ3n) is 3.88. The molecule has 0 heterocycles. The van der Waals surface area contributed by atoms with Crippen LogP contribution in [0.25, 0.3) is 0 Å². The van der Waals surface area contributed by atoms with Gasteiger partial charge in [-0.2, -0.15) is 0 Å². The molecule has 0 bridgehead atoms. The molecule has 0 N–H and O–H groups in total. The summed E-state index contributed by atoms with van der Waals surface area (Å²) in [6.07, 6.45) is 9.42. The van der Waals surface area contributed by atoms with Gasteiger partial charge in [-0.15, -0.1) is 13.2 Å². The van der Waals surface area contributed by atoms with Crippen LogP contribution >= 0.6 is 0 Å². The fraction of sp³-hybridized carbons (Fsp3) is 0.750. The first-order valence-electron chi connectivity index (χ1n) is 6.70. The highest BCUT2D eigenvalue weighted by atomic mass is 14.4. The van der Waals surface area contributed by atoms with Crippen LogP contribution in [-0.2, 0) is 0 Å².